The zero-order chi connectivity index (χ0) is 13.8. The van der Waals surface area contributed by atoms with Gasteiger partial charge in [0.1, 0.15) is 0 Å². The molecule has 0 amide bonds. The Bertz CT molecular complexity index is 787. The summed E-state index contributed by atoms with van der Waals surface area (Å²) in [4.78, 5) is 10.4. The molecule has 0 radical (unpaired) electrons. The van der Waals surface area contributed by atoms with Gasteiger partial charge >= 0.3 is 0 Å². The van der Waals surface area contributed by atoms with Gasteiger partial charge < -0.3 is 9.47 Å². The largest absolute Gasteiger partial charge is 0.319 e. The van der Waals surface area contributed by atoms with E-state index in [9.17, 15) is 0 Å². The molecular formula is C17H12O4. The van der Waals surface area contributed by atoms with Crippen LogP contribution in [-0.4, -0.2) is 6.79 Å². The summed E-state index contributed by atoms with van der Waals surface area (Å²) in [6, 6.07) is 16.5. The molecule has 0 saturated carbocycles. The molecule has 1 saturated heterocycles. The standard InChI is InChI=1S/C17H12O4/c1-3-10-7-8-11-4-2-6-13-15(11)14(10)12(5-1)16-18-9-19-21-17(13)20-16/h1-8,16-17H,9H2. The summed E-state index contributed by atoms with van der Waals surface area (Å²) in [5.41, 5.74) is 1.99. The lowest BCUT2D eigenvalue weighted by atomic mass is 9.95. The molecule has 3 aromatic rings. The number of hydrogen-bond acceptors (Lipinski definition) is 4. The first-order valence-electron chi connectivity index (χ1n) is 6.91. The van der Waals surface area contributed by atoms with Gasteiger partial charge in [0.25, 0.3) is 0 Å². The fourth-order valence-corrected chi connectivity index (χ4v) is 3.25. The van der Waals surface area contributed by atoms with Gasteiger partial charge in [0.15, 0.2) is 13.1 Å². The van der Waals surface area contributed by atoms with Crippen LogP contribution < -0.4 is 0 Å². The van der Waals surface area contributed by atoms with Crippen LogP contribution in [0.4, 0.5) is 0 Å². The van der Waals surface area contributed by atoms with Crippen LogP contribution in [0.25, 0.3) is 21.5 Å². The Labute approximate surface area is 120 Å². The number of rotatable bonds is 0. The minimum Gasteiger partial charge on any atom is -0.319 e. The highest BCUT2D eigenvalue weighted by atomic mass is 17.3. The minimum absolute atomic E-state index is 0.0513. The van der Waals surface area contributed by atoms with Crippen molar-refractivity contribution in [3.63, 3.8) is 0 Å². The van der Waals surface area contributed by atoms with Crippen molar-refractivity contribution < 1.29 is 19.2 Å². The van der Waals surface area contributed by atoms with Crippen LogP contribution in [-0.2, 0) is 19.2 Å². The van der Waals surface area contributed by atoms with E-state index in [1.165, 1.54) is 10.8 Å². The highest BCUT2D eigenvalue weighted by Crippen LogP contribution is 2.44. The van der Waals surface area contributed by atoms with Crippen molar-refractivity contribution in [3.8, 4) is 0 Å². The molecule has 2 aliphatic rings. The first kappa shape index (κ1) is 11.7. The second kappa shape index (κ2) is 4.26. The third kappa shape index (κ3) is 1.58. The summed E-state index contributed by atoms with van der Waals surface area (Å²) in [5.74, 6) is 0. The van der Waals surface area contributed by atoms with E-state index < -0.39 is 12.6 Å². The molecule has 104 valence electrons. The van der Waals surface area contributed by atoms with E-state index in [0.29, 0.717) is 0 Å². The Morgan fingerprint density at radius 1 is 0.762 bits per heavy atom. The van der Waals surface area contributed by atoms with Crippen LogP contribution in [0.3, 0.4) is 0 Å². The molecule has 2 bridgehead atoms. The summed E-state index contributed by atoms with van der Waals surface area (Å²) in [6.07, 6.45) is -1.07. The van der Waals surface area contributed by atoms with E-state index in [0.717, 1.165) is 21.9 Å². The predicted molar refractivity (Wildman–Crippen MR) is 76.1 cm³/mol. The highest BCUT2D eigenvalue weighted by Gasteiger charge is 2.32. The Hall–Kier alpha value is -1.98. The van der Waals surface area contributed by atoms with Gasteiger partial charge in [-0.25, -0.2) is 4.89 Å². The molecule has 2 unspecified atom stereocenters. The lowest BCUT2D eigenvalue weighted by Gasteiger charge is -2.16. The van der Waals surface area contributed by atoms with Gasteiger partial charge in [-0.2, -0.15) is 4.89 Å². The van der Waals surface area contributed by atoms with Crippen molar-refractivity contribution in [2.75, 3.05) is 6.79 Å². The molecule has 3 aromatic carbocycles. The number of hydrogen-bond donors (Lipinski definition) is 0. The third-order valence-electron chi connectivity index (χ3n) is 4.13. The van der Waals surface area contributed by atoms with Crippen LogP contribution in [0.2, 0.25) is 0 Å². The van der Waals surface area contributed by atoms with Crippen molar-refractivity contribution in [1.82, 2.24) is 0 Å². The SMILES string of the molecule is c1cc2c3c(c1)ccc1cccc(c13)C1OOCOC2O1. The van der Waals surface area contributed by atoms with E-state index in [-0.39, 0.29) is 6.79 Å². The smallest absolute Gasteiger partial charge is 0.220 e. The average Bonchev–Trinajstić information content (AvgIpc) is 2.85. The molecule has 2 heterocycles. The van der Waals surface area contributed by atoms with Crippen LogP contribution in [0.5, 0.6) is 0 Å². The van der Waals surface area contributed by atoms with Gasteiger partial charge in [-0.3, -0.25) is 0 Å². The quantitative estimate of drug-likeness (QED) is 0.461. The normalized spacial score (nSPS) is 24.2. The molecular weight excluding hydrogens is 268 g/mol. The maximum atomic E-state index is 5.97. The van der Waals surface area contributed by atoms with Gasteiger partial charge in [0.2, 0.25) is 6.29 Å². The van der Waals surface area contributed by atoms with Gasteiger partial charge in [-0.1, -0.05) is 48.5 Å². The summed E-state index contributed by atoms with van der Waals surface area (Å²) in [7, 11) is 0. The van der Waals surface area contributed by atoms with E-state index in [1.807, 2.05) is 24.3 Å². The molecule has 2 atom stereocenters. The number of ether oxygens (including phenoxy) is 2. The molecule has 4 heteroatoms. The minimum atomic E-state index is -0.584. The molecule has 0 aliphatic carbocycles. The molecule has 0 N–H and O–H groups in total. The fraction of sp³-hybridized carbons (Fsp3) is 0.176. The van der Waals surface area contributed by atoms with Gasteiger partial charge in [-0.15, -0.1) is 0 Å². The van der Waals surface area contributed by atoms with Gasteiger partial charge in [-0.05, 0) is 21.5 Å². The van der Waals surface area contributed by atoms with Crippen LogP contribution in [0, 0.1) is 0 Å². The highest BCUT2D eigenvalue weighted by molar-refractivity contribution is 6.11. The number of benzene rings is 3. The average molecular weight is 280 g/mol. The summed E-state index contributed by atoms with van der Waals surface area (Å²) >= 11 is 0. The summed E-state index contributed by atoms with van der Waals surface area (Å²) in [5, 5.41) is 4.65. The van der Waals surface area contributed by atoms with E-state index in [2.05, 4.69) is 24.3 Å². The molecule has 21 heavy (non-hydrogen) atoms. The fourth-order valence-electron chi connectivity index (χ4n) is 3.25. The maximum Gasteiger partial charge on any atom is 0.220 e. The van der Waals surface area contributed by atoms with Crippen molar-refractivity contribution in [2.45, 2.75) is 12.6 Å². The molecule has 4 nitrogen and oxygen atoms in total. The van der Waals surface area contributed by atoms with Crippen molar-refractivity contribution in [3.05, 3.63) is 59.7 Å². The van der Waals surface area contributed by atoms with Crippen LogP contribution in [0.1, 0.15) is 23.7 Å². The second-order valence-corrected chi connectivity index (χ2v) is 5.25. The van der Waals surface area contributed by atoms with Crippen LogP contribution in [0.15, 0.2) is 48.5 Å². The Kier molecular flexibility index (Phi) is 2.36. The summed E-state index contributed by atoms with van der Waals surface area (Å²) in [6.45, 7) is 0.0513. The third-order valence-corrected chi connectivity index (χ3v) is 4.13. The second-order valence-electron chi connectivity index (χ2n) is 5.25. The topological polar surface area (TPSA) is 36.9 Å². The zero-order valence-corrected chi connectivity index (χ0v) is 11.1. The van der Waals surface area contributed by atoms with Crippen LogP contribution >= 0.6 is 0 Å². The van der Waals surface area contributed by atoms with Crippen molar-refractivity contribution >= 4 is 21.5 Å². The Morgan fingerprint density at radius 2 is 1.43 bits per heavy atom. The van der Waals surface area contributed by atoms with Crippen molar-refractivity contribution in [1.29, 1.82) is 0 Å². The predicted octanol–water partition coefficient (Wildman–Crippen LogP) is 3.96. The number of fused-ring (bicyclic) bond motifs is 4. The van der Waals surface area contributed by atoms with Gasteiger partial charge in [0.05, 0.1) is 0 Å². The maximum absolute atomic E-state index is 5.97. The lowest BCUT2D eigenvalue weighted by molar-refractivity contribution is -0.375. The zero-order valence-electron chi connectivity index (χ0n) is 11.1. The van der Waals surface area contributed by atoms with E-state index in [1.54, 1.807) is 0 Å². The molecule has 1 fully saturated rings. The molecule has 0 aromatic heterocycles. The first-order chi connectivity index (χ1) is 10.4. The summed E-state index contributed by atoms with van der Waals surface area (Å²) < 4.78 is 11.6. The molecule has 2 aliphatic heterocycles. The molecule has 0 spiro atoms. The monoisotopic (exact) mass is 280 g/mol. The van der Waals surface area contributed by atoms with E-state index >= 15 is 0 Å². The van der Waals surface area contributed by atoms with Crippen molar-refractivity contribution in [2.24, 2.45) is 0 Å². The molecule has 5 rings (SSSR count). The Balaban J connectivity index is 2.01. The Morgan fingerprint density at radius 3 is 2.14 bits per heavy atom. The van der Waals surface area contributed by atoms with E-state index in [4.69, 9.17) is 19.2 Å². The van der Waals surface area contributed by atoms with Gasteiger partial charge in [0, 0.05) is 11.1 Å². The lowest BCUT2D eigenvalue weighted by Crippen LogP contribution is -2.08. The first-order valence-corrected chi connectivity index (χ1v) is 6.91.